The van der Waals surface area contributed by atoms with E-state index in [0.29, 0.717) is 6.04 Å². The zero-order valence-corrected chi connectivity index (χ0v) is 8.87. The fraction of sp³-hybridized carbons (Fsp3) is 0.727. The molecule has 0 atom stereocenters. The molecule has 2 rings (SSSR count). The lowest BCUT2D eigenvalue weighted by Crippen LogP contribution is -2.18. The van der Waals surface area contributed by atoms with Crippen LogP contribution in [0.5, 0.6) is 0 Å². The quantitative estimate of drug-likeness (QED) is 0.796. The lowest BCUT2D eigenvalue weighted by atomic mass is 10.2. The predicted octanol–water partition coefficient (Wildman–Crippen LogP) is 2.65. The third-order valence-electron chi connectivity index (χ3n) is 2.87. The van der Waals surface area contributed by atoms with Crippen LogP contribution < -0.4 is 5.32 Å². The SMILES string of the molecule is CCCn1ccnc1NC1CCCC1. The van der Waals surface area contributed by atoms with Crippen molar-refractivity contribution in [3.8, 4) is 0 Å². The van der Waals surface area contributed by atoms with Gasteiger partial charge in [-0.05, 0) is 19.3 Å². The minimum atomic E-state index is 0.660. The zero-order valence-electron chi connectivity index (χ0n) is 8.87. The second kappa shape index (κ2) is 4.49. The Hall–Kier alpha value is -0.990. The summed E-state index contributed by atoms with van der Waals surface area (Å²) in [5.74, 6) is 1.05. The molecule has 0 radical (unpaired) electrons. The van der Waals surface area contributed by atoms with Gasteiger partial charge in [0.2, 0.25) is 5.95 Å². The van der Waals surface area contributed by atoms with Crippen molar-refractivity contribution < 1.29 is 0 Å². The van der Waals surface area contributed by atoms with Gasteiger partial charge in [0.25, 0.3) is 0 Å². The molecule has 14 heavy (non-hydrogen) atoms. The van der Waals surface area contributed by atoms with Crippen LogP contribution in [0.3, 0.4) is 0 Å². The molecule has 78 valence electrons. The van der Waals surface area contributed by atoms with Gasteiger partial charge < -0.3 is 9.88 Å². The molecule has 0 unspecified atom stereocenters. The highest BCUT2D eigenvalue weighted by molar-refractivity contribution is 5.27. The Bertz CT molecular complexity index is 274. The lowest BCUT2D eigenvalue weighted by Gasteiger charge is -2.14. The minimum Gasteiger partial charge on any atom is -0.353 e. The zero-order chi connectivity index (χ0) is 9.80. The monoisotopic (exact) mass is 193 g/mol. The van der Waals surface area contributed by atoms with Crippen LogP contribution in [0.1, 0.15) is 39.0 Å². The maximum absolute atomic E-state index is 4.35. The second-order valence-electron chi connectivity index (χ2n) is 4.07. The van der Waals surface area contributed by atoms with Crippen molar-refractivity contribution >= 4 is 5.95 Å². The predicted molar refractivity (Wildman–Crippen MR) is 58.4 cm³/mol. The first-order valence-corrected chi connectivity index (χ1v) is 5.68. The highest BCUT2D eigenvalue weighted by atomic mass is 15.2. The van der Waals surface area contributed by atoms with Crippen molar-refractivity contribution in [3.05, 3.63) is 12.4 Å². The van der Waals surface area contributed by atoms with Gasteiger partial charge in [-0.2, -0.15) is 0 Å². The van der Waals surface area contributed by atoms with Crippen LogP contribution in [0.25, 0.3) is 0 Å². The first kappa shape index (κ1) is 9.56. The molecule has 1 N–H and O–H groups in total. The van der Waals surface area contributed by atoms with Gasteiger partial charge in [0.1, 0.15) is 0 Å². The highest BCUT2D eigenvalue weighted by Crippen LogP contribution is 2.21. The van der Waals surface area contributed by atoms with Crippen LogP contribution in [0, 0.1) is 0 Å². The van der Waals surface area contributed by atoms with Crippen LogP contribution in [-0.2, 0) is 6.54 Å². The Morgan fingerprint density at radius 3 is 3.00 bits per heavy atom. The average Bonchev–Trinajstić information content (AvgIpc) is 2.80. The van der Waals surface area contributed by atoms with Crippen LogP contribution in [-0.4, -0.2) is 15.6 Å². The number of nitrogens with zero attached hydrogens (tertiary/aromatic N) is 2. The van der Waals surface area contributed by atoms with E-state index in [2.05, 4.69) is 28.0 Å². The van der Waals surface area contributed by atoms with Gasteiger partial charge in [-0.15, -0.1) is 0 Å². The van der Waals surface area contributed by atoms with Crippen molar-refractivity contribution in [1.29, 1.82) is 0 Å². The Balaban J connectivity index is 1.96. The first-order chi connectivity index (χ1) is 6.90. The van der Waals surface area contributed by atoms with Crippen molar-refractivity contribution in [3.63, 3.8) is 0 Å². The van der Waals surface area contributed by atoms with Crippen LogP contribution in [0.4, 0.5) is 5.95 Å². The van der Waals surface area contributed by atoms with Gasteiger partial charge in [-0.1, -0.05) is 19.8 Å². The van der Waals surface area contributed by atoms with E-state index in [1.54, 1.807) is 0 Å². The lowest BCUT2D eigenvalue weighted by molar-refractivity contribution is 0.662. The summed E-state index contributed by atoms with van der Waals surface area (Å²) in [7, 11) is 0. The van der Waals surface area contributed by atoms with E-state index in [9.17, 15) is 0 Å². The minimum absolute atomic E-state index is 0.660. The molecule has 1 aromatic rings. The summed E-state index contributed by atoms with van der Waals surface area (Å²) in [4.78, 5) is 4.35. The van der Waals surface area contributed by atoms with Crippen molar-refractivity contribution in [2.75, 3.05) is 5.32 Å². The molecule has 0 aliphatic heterocycles. The maximum Gasteiger partial charge on any atom is 0.202 e. The fourth-order valence-corrected chi connectivity index (χ4v) is 2.12. The molecular weight excluding hydrogens is 174 g/mol. The van der Waals surface area contributed by atoms with Crippen LogP contribution >= 0.6 is 0 Å². The molecule has 0 saturated heterocycles. The van der Waals surface area contributed by atoms with Gasteiger partial charge in [0, 0.05) is 25.0 Å². The normalized spacial score (nSPS) is 17.5. The summed E-state index contributed by atoms with van der Waals surface area (Å²) in [5.41, 5.74) is 0. The van der Waals surface area contributed by atoms with Gasteiger partial charge in [0.15, 0.2) is 0 Å². The van der Waals surface area contributed by atoms with E-state index in [1.165, 1.54) is 25.7 Å². The summed E-state index contributed by atoms with van der Waals surface area (Å²) in [6, 6.07) is 0.660. The Kier molecular flexibility index (Phi) is 3.07. The Labute approximate surface area is 85.5 Å². The first-order valence-electron chi connectivity index (χ1n) is 5.68. The highest BCUT2D eigenvalue weighted by Gasteiger charge is 2.16. The van der Waals surface area contributed by atoms with E-state index in [4.69, 9.17) is 0 Å². The van der Waals surface area contributed by atoms with Crippen molar-refractivity contribution in [2.45, 2.75) is 51.6 Å². The van der Waals surface area contributed by atoms with Crippen molar-refractivity contribution in [1.82, 2.24) is 9.55 Å². The smallest absolute Gasteiger partial charge is 0.202 e. The molecule has 0 aromatic carbocycles. The summed E-state index contributed by atoms with van der Waals surface area (Å²) < 4.78 is 2.21. The average molecular weight is 193 g/mol. The molecule has 1 aliphatic rings. The van der Waals surface area contributed by atoms with Gasteiger partial charge in [-0.25, -0.2) is 4.98 Å². The number of hydrogen-bond acceptors (Lipinski definition) is 2. The van der Waals surface area contributed by atoms with E-state index >= 15 is 0 Å². The topological polar surface area (TPSA) is 29.9 Å². The molecule has 0 spiro atoms. The number of nitrogens with one attached hydrogen (secondary N) is 1. The third-order valence-corrected chi connectivity index (χ3v) is 2.87. The number of aromatic nitrogens is 2. The molecule has 1 saturated carbocycles. The van der Waals surface area contributed by atoms with Gasteiger partial charge in [-0.3, -0.25) is 0 Å². The number of aryl methyl sites for hydroxylation is 1. The number of imidazole rings is 1. The molecule has 1 aliphatic carbocycles. The standard InChI is InChI=1S/C11H19N3/c1-2-8-14-9-7-12-11(14)13-10-5-3-4-6-10/h7,9-10H,2-6,8H2,1H3,(H,12,13). The van der Waals surface area contributed by atoms with Crippen molar-refractivity contribution in [2.24, 2.45) is 0 Å². The van der Waals surface area contributed by atoms with Gasteiger partial charge in [0.05, 0.1) is 0 Å². The Morgan fingerprint density at radius 2 is 2.29 bits per heavy atom. The van der Waals surface area contributed by atoms with Crippen LogP contribution in [0.2, 0.25) is 0 Å². The molecule has 3 nitrogen and oxygen atoms in total. The van der Waals surface area contributed by atoms with Gasteiger partial charge >= 0.3 is 0 Å². The third kappa shape index (κ3) is 2.08. The fourth-order valence-electron chi connectivity index (χ4n) is 2.12. The number of anilines is 1. The number of hydrogen-bond donors (Lipinski definition) is 1. The Morgan fingerprint density at radius 1 is 1.50 bits per heavy atom. The van der Waals surface area contributed by atoms with E-state index < -0.39 is 0 Å². The molecular formula is C11H19N3. The van der Waals surface area contributed by atoms with E-state index in [-0.39, 0.29) is 0 Å². The molecule has 0 amide bonds. The summed E-state index contributed by atoms with van der Waals surface area (Å²) >= 11 is 0. The maximum atomic E-state index is 4.35. The number of rotatable bonds is 4. The molecule has 1 heterocycles. The summed E-state index contributed by atoms with van der Waals surface area (Å²) in [6.07, 6.45) is 10.4. The summed E-state index contributed by atoms with van der Waals surface area (Å²) in [6.45, 7) is 3.26. The van der Waals surface area contributed by atoms with Crippen LogP contribution in [0.15, 0.2) is 12.4 Å². The largest absolute Gasteiger partial charge is 0.353 e. The summed E-state index contributed by atoms with van der Waals surface area (Å²) in [5, 5.41) is 3.53. The van der Waals surface area contributed by atoms with E-state index in [0.717, 1.165) is 18.9 Å². The molecule has 1 aromatic heterocycles. The molecule has 3 heteroatoms. The van der Waals surface area contributed by atoms with E-state index in [1.807, 2.05) is 6.20 Å². The molecule has 0 bridgehead atoms. The molecule has 1 fully saturated rings. The second-order valence-corrected chi connectivity index (χ2v) is 4.07.